The molecule has 0 bridgehead atoms. The third-order valence-electron chi connectivity index (χ3n) is 7.24. The number of nitrogens with one attached hydrogen (secondary N) is 2. The number of carbonyl (C=O) groups is 1. The summed E-state index contributed by atoms with van der Waals surface area (Å²) >= 11 is 0. The molecule has 2 fully saturated rings. The first-order valence-corrected chi connectivity index (χ1v) is 11.6. The predicted octanol–water partition coefficient (Wildman–Crippen LogP) is 2.10. The van der Waals surface area contributed by atoms with Crippen LogP contribution in [0.1, 0.15) is 20.3 Å². The molecule has 1 aromatic heterocycles. The summed E-state index contributed by atoms with van der Waals surface area (Å²) in [6.45, 7) is 9.09. The number of nitrogens with zero attached hydrogens (tertiary/aromatic N) is 5. The lowest BCUT2D eigenvalue weighted by molar-refractivity contribution is 0.104. The summed E-state index contributed by atoms with van der Waals surface area (Å²) < 4.78 is 13.9. The fourth-order valence-electron chi connectivity index (χ4n) is 5.22. The molecule has 0 spiro atoms. The Balaban J connectivity index is 1.44. The van der Waals surface area contributed by atoms with Crippen LogP contribution in [-0.2, 0) is 0 Å². The van der Waals surface area contributed by atoms with E-state index in [9.17, 15) is 14.3 Å². The third kappa shape index (κ3) is 3.62. The van der Waals surface area contributed by atoms with Gasteiger partial charge in [-0.05, 0) is 31.5 Å². The minimum absolute atomic E-state index is 0.0977. The lowest BCUT2D eigenvalue weighted by Crippen LogP contribution is -2.69. The van der Waals surface area contributed by atoms with Gasteiger partial charge in [0, 0.05) is 57.4 Å². The van der Waals surface area contributed by atoms with Crippen LogP contribution in [0.5, 0.6) is 5.75 Å². The van der Waals surface area contributed by atoms with Crippen molar-refractivity contribution in [1.82, 2.24) is 25.3 Å². The summed E-state index contributed by atoms with van der Waals surface area (Å²) in [6.07, 6.45) is 0.837. The number of carbonyl (C=O) groups excluding carboxylic acids is 1. The van der Waals surface area contributed by atoms with Crippen LogP contribution in [0.4, 0.5) is 20.7 Å². The number of phenols is 1. The van der Waals surface area contributed by atoms with Crippen LogP contribution in [0.2, 0.25) is 0 Å². The number of benzene rings is 1. The molecule has 3 N–H and O–H groups in total. The Hall–Kier alpha value is -3.14. The van der Waals surface area contributed by atoms with Crippen molar-refractivity contribution >= 4 is 17.5 Å². The van der Waals surface area contributed by atoms with Gasteiger partial charge in [-0.15, -0.1) is 10.2 Å². The van der Waals surface area contributed by atoms with Crippen LogP contribution in [0.15, 0.2) is 24.3 Å². The number of piperazine rings is 2. The third-order valence-corrected chi connectivity index (χ3v) is 7.24. The van der Waals surface area contributed by atoms with Gasteiger partial charge in [-0.2, -0.15) is 0 Å². The second-order valence-electron chi connectivity index (χ2n) is 9.13. The fourth-order valence-corrected chi connectivity index (χ4v) is 5.22. The van der Waals surface area contributed by atoms with Gasteiger partial charge in [-0.25, -0.2) is 9.18 Å². The molecule has 10 heteroatoms. The summed E-state index contributed by atoms with van der Waals surface area (Å²) in [4.78, 5) is 19.6. The number of para-hydroxylation sites is 1. The summed E-state index contributed by atoms with van der Waals surface area (Å²) in [5.74, 6) is -0.464. The number of aromatic hydroxyl groups is 1. The molecule has 2 amide bonds. The zero-order chi connectivity index (χ0) is 23.2. The van der Waals surface area contributed by atoms with E-state index in [4.69, 9.17) is 0 Å². The maximum atomic E-state index is 13.9. The lowest BCUT2D eigenvalue weighted by atomic mass is 9.87. The number of anilines is 2. The monoisotopic (exact) mass is 455 g/mol. The molecule has 4 heterocycles. The first kappa shape index (κ1) is 21.7. The van der Waals surface area contributed by atoms with Gasteiger partial charge < -0.3 is 30.4 Å². The van der Waals surface area contributed by atoms with E-state index in [1.165, 1.54) is 6.07 Å². The first-order valence-electron chi connectivity index (χ1n) is 11.6. The second-order valence-corrected chi connectivity index (χ2v) is 9.13. The van der Waals surface area contributed by atoms with Crippen molar-refractivity contribution in [3.8, 4) is 17.0 Å². The van der Waals surface area contributed by atoms with Gasteiger partial charge in [0.15, 0.2) is 17.4 Å². The number of hydrogen-bond acceptors (Lipinski definition) is 7. The number of halogens is 1. The average Bonchev–Trinajstić information content (AvgIpc) is 2.84. The first-order chi connectivity index (χ1) is 15.9. The maximum absolute atomic E-state index is 13.9. The van der Waals surface area contributed by atoms with Gasteiger partial charge in [0.2, 0.25) is 0 Å². The molecule has 5 rings (SSSR count). The molecule has 1 aromatic carbocycles. The van der Waals surface area contributed by atoms with Crippen LogP contribution >= 0.6 is 0 Å². The number of amides is 2. The van der Waals surface area contributed by atoms with Crippen LogP contribution < -0.4 is 15.5 Å². The zero-order valence-corrected chi connectivity index (χ0v) is 19.0. The maximum Gasteiger partial charge on any atom is 0.320 e. The molecule has 33 heavy (non-hydrogen) atoms. The topological polar surface area (TPSA) is 96.9 Å². The average molecular weight is 456 g/mol. The molecule has 3 aliphatic rings. The number of hydrogen-bond donors (Lipinski definition) is 3. The van der Waals surface area contributed by atoms with E-state index in [-0.39, 0.29) is 17.6 Å². The van der Waals surface area contributed by atoms with Gasteiger partial charge in [0.1, 0.15) is 0 Å². The van der Waals surface area contributed by atoms with Gasteiger partial charge in [0.05, 0.1) is 16.9 Å². The van der Waals surface area contributed by atoms with Crippen LogP contribution in [0.3, 0.4) is 0 Å². The van der Waals surface area contributed by atoms with E-state index in [1.54, 1.807) is 12.1 Å². The molecule has 176 valence electrons. The zero-order valence-electron chi connectivity index (χ0n) is 19.0. The van der Waals surface area contributed by atoms with Crippen LogP contribution in [0, 0.1) is 5.82 Å². The molecule has 0 aliphatic carbocycles. The van der Waals surface area contributed by atoms with Crippen molar-refractivity contribution in [3.63, 3.8) is 0 Å². The summed E-state index contributed by atoms with van der Waals surface area (Å²) in [5.41, 5.74) is 1.29. The molecule has 9 nitrogen and oxygen atoms in total. The van der Waals surface area contributed by atoms with Crippen LogP contribution in [0.25, 0.3) is 11.3 Å². The smallest absolute Gasteiger partial charge is 0.320 e. The standard InChI is InChI=1S/C23H30FN7O2/c1-3-23-13-26-21-19(11-18(27-28-21)16-5-4-6-17(24)20(16)32)31(23)10-9-29(14-23)22(33)30-8-7-25-12-15(30)2/h4-6,11,15,25,32H,3,7-10,12-14H2,1-2H3,(H,26,28). The predicted molar refractivity (Wildman–Crippen MR) is 124 cm³/mol. The highest BCUT2D eigenvalue weighted by Crippen LogP contribution is 2.41. The Morgan fingerprint density at radius 2 is 2.15 bits per heavy atom. The Labute approximate surface area is 192 Å². The number of fused-ring (bicyclic) bond motifs is 3. The van der Waals surface area contributed by atoms with Crippen molar-refractivity contribution < 1.29 is 14.3 Å². The highest BCUT2D eigenvalue weighted by molar-refractivity contribution is 5.79. The van der Waals surface area contributed by atoms with E-state index in [2.05, 4.69) is 39.6 Å². The molecule has 2 saturated heterocycles. The van der Waals surface area contributed by atoms with E-state index in [0.717, 1.165) is 31.7 Å². The molecule has 0 saturated carbocycles. The normalized spacial score (nSPS) is 24.7. The SMILES string of the molecule is CCC12CNc3nnc(-c4cccc(F)c4O)cc3N1CCN(C(=O)N1CCNCC1C)C2. The minimum Gasteiger partial charge on any atom is -0.504 e. The summed E-state index contributed by atoms with van der Waals surface area (Å²) in [5, 5.41) is 25.5. The van der Waals surface area contributed by atoms with Crippen molar-refractivity contribution in [1.29, 1.82) is 0 Å². The van der Waals surface area contributed by atoms with E-state index in [1.807, 2.05) is 15.9 Å². The fraction of sp³-hybridized carbons (Fsp3) is 0.522. The molecule has 2 atom stereocenters. The summed E-state index contributed by atoms with van der Waals surface area (Å²) in [6, 6.07) is 6.50. The van der Waals surface area contributed by atoms with E-state index in [0.29, 0.717) is 43.3 Å². The number of rotatable bonds is 2. The van der Waals surface area contributed by atoms with Crippen molar-refractivity contribution in [2.24, 2.45) is 0 Å². The van der Waals surface area contributed by atoms with Gasteiger partial charge in [-0.3, -0.25) is 0 Å². The van der Waals surface area contributed by atoms with Gasteiger partial charge in [0.25, 0.3) is 0 Å². The molecule has 0 radical (unpaired) electrons. The Morgan fingerprint density at radius 1 is 1.30 bits per heavy atom. The Bertz CT molecular complexity index is 1070. The van der Waals surface area contributed by atoms with Crippen molar-refractivity contribution in [2.75, 3.05) is 56.0 Å². The van der Waals surface area contributed by atoms with E-state index >= 15 is 0 Å². The molecular weight excluding hydrogens is 425 g/mol. The van der Waals surface area contributed by atoms with E-state index < -0.39 is 11.6 Å². The van der Waals surface area contributed by atoms with Gasteiger partial charge in [-0.1, -0.05) is 13.0 Å². The highest BCUT2D eigenvalue weighted by atomic mass is 19.1. The van der Waals surface area contributed by atoms with Crippen LogP contribution in [-0.4, -0.2) is 88.5 Å². The molecule has 2 unspecified atom stereocenters. The van der Waals surface area contributed by atoms with Gasteiger partial charge >= 0.3 is 6.03 Å². The Morgan fingerprint density at radius 3 is 2.94 bits per heavy atom. The molecular formula is C23H30FN7O2. The lowest BCUT2D eigenvalue weighted by Gasteiger charge is -2.55. The quantitative estimate of drug-likeness (QED) is 0.638. The number of urea groups is 1. The largest absolute Gasteiger partial charge is 0.504 e. The molecule has 3 aliphatic heterocycles. The second kappa shape index (κ2) is 8.33. The van der Waals surface area contributed by atoms with Crippen molar-refractivity contribution in [3.05, 3.63) is 30.1 Å². The van der Waals surface area contributed by atoms with Crippen molar-refractivity contribution in [2.45, 2.75) is 31.8 Å². The summed E-state index contributed by atoms with van der Waals surface area (Å²) in [7, 11) is 0. The molecule has 2 aromatic rings. The number of aromatic nitrogens is 2. The highest BCUT2D eigenvalue weighted by Gasteiger charge is 2.46. The Kier molecular flexibility index (Phi) is 5.48. The number of phenolic OH excluding ortho intramolecular Hbond substituents is 1. The minimum atomic E-state index is -0.692.